The summed E-state index contributed by atoms with van der Waals surface area (Å²) >= 11 is 0. The zero-order chi connectivity index (χ0) is 18.6. The Hall–Kier alpha value is -2.90. The van der Waals surface area contributed by atoms with Gasteiger partial charge in [-0.1, -0.05) is 0 Å². The van der Waals surface area contributed by atoms with Gasteiger partial charge in [-0.25, -0.2) is 4.90 Å². The van der Waals surface area contributed by atoms with Crippen LogP contribution in [0.25, 0.3) is 0 Å². The van der Waals surface area contributed by atoms with Gasteiger partial charge in [-0.05, 0) is 6.92 Å². The number of benzene rings is 1. The number of carbonyl (C=O) groups is 4. The predicted octanol–water partition coefficient (Wildman–Crippen LogP) is 1.73. The number of carbonyl (C=O) groups excluding carboxylic acids is 4. The highest BCUT2D eigenvalue weighted by Crippen LogP contribution is 2.46. The van der Waals surface area contributed by atoms with E-state index in [-0.39, 0.29) is 28.5 Å². The Kier molecular flexibility index (Phi) is 6.05. The summed E-state index contributed by atoms with van der Waals surface area (Å²) in [6.07, 6.45) is 0. The van der Waals surface area contributed by atoms with Crippen LogP contribution >= 0.6 is 0 Å². The van der Waals surface area contributed by atoms with Crippen molar-refractivity contribution in [3.8, 4) is 17.2 Å². The number of hydrogen-bond donors (Lipinski definition) is 0. The minimum Gasteiger partial charge on any atom is -0.494 e. The third-order valence-electron chi connectivity index (χ3n) is 3.07. The number of ketones is 1. The molecule has 0 aliphatic heterocycles. The summed E-state index contributed by atoms with van der Waals surface area (Å²) in [6.45, 7) is 4.79. The van der Waals surface area contributed by atoms with E-state index < -0.39 is 23.6 Å². The first kappa shape index (κ1) is 19.1. The molecule has 8 nitrogen and oxygen atoms in total. The second-order valence-electron chi connectivity index (χ2n) is 4.86. The Balaban J connectivity index is 3.91. The van der Waals surface area contributed by atoms with Crippen LogP contribution in [0.3, 0.4) is 0 Å². The van der Waals surface area contributed by atoms with Crippen LogP contribution in [-0.2, 0) is 14.4 Å². The third-order valence-corrected chi connectivity index (χ3v) is 3.07. The molecule has 0 aliphatic rings. The fourth-order valence-corrected chi connectivity index (χ4v) is 2.27. The summed E-state index contributed by atoms with van der Waals surface area (Å²) in [6, 6.07) is 1.26. The van der Waals surface area contributed by atoms with E-state index in [1.54, 1.807) is 0 Å². The standard InChI is InChI=1S/C16H19NO7/c1-8(18)14-12(24-11(4)21)7-13(22-5)15(16(14)23-6)17(9(2)19)10(3)20/h7H,1-6H3. The number of esters is 1. The zero-order valence-corrected chi connectivity index (χ0v) is 14.4. The molecule has 1 aromatic rings. The van der Waals surface area contributed by atoms with Gasteiger partial charge in [0.05, 0.1) is 14.2 Å². The lowest BCUT2D eigenvalue weighted by molar-refractivity contribution is -0.132. The van der Waals surface area contributed by atoms with Crippen LogP contribution in [0.1, 0.15) is 38.1 Å². The molecule has 0 N–H and O–H groups in total. The van der Waals surface area contributed by atoms with E-state index in [0.717, 1.165) is 4.90 Å². The van der Waals surface area contributed by atoms with Crippen LogP contribution in [0.15, 0.2) is 6.07 Å². The van der Waals surface area contributed by atoms with Crippen LogP contribution < -0.4 is 19.1 Å². The van der Waals surface area contributed by atoms with Gasteiger partial charge >= 0.3 is 5.97 Å². The summed E-state index contributed by atoms with van der Waals surface area (Å²) in [5.74, 6) is -2.44. The Bertz CT molecular complexity index is 695. The second-order valence-corrected chi connectivity index (χ2v) is 4.86. The largest absolute Gasteiger partial charge is 0.494 e. The van der Waals surface area contributed by atoms with E-state index in [0.29, 0.717) is 0 Å². The maximum Gasteiger partial charge on any atom is 0.308 e. The van der Waals surface area contributed by atoms with Gasteiger partial charge in [0.25, 0.3) is 0 Å². The molecule has 1 rings (SSSR count). The molecule has 24 heavy (non-hydrogen) atoms. The lowest BCUT2D eigenvalue weighted by Crippen LogP contribution is -2.34. The highest BCUT2D eigenvalue weighted by Gasteiger charge is 2.31. The number of Topliss-reactive ketones (excluding diaryl/α,β-unsaturated/α-hetero) is 1. The number of imide groups is 1. The summed E-state index contributed by atoms with van der Waals surface area (Å²) in [5, 5.41) is 0. The van der Waals surface area contributed by atoms with Crippen molar-refractivity contribution in [3.63, 3.8) is 0 Å². The minimum absolute atomic E-state index is 0.0268. The normalized spacial score (nSPS) is 9.92. The fraction of sp³-hybridized carbons (Fsp3) is 0.375. The molecule has 0 aromatic heterocycles. The van der Waals surface area contributed by atoms with Gasteiger partial charge in [0.15, 0.2) is 17.3 Å². The maximum absolute atomic E-state index is 12.0. The molecule has 130 valence electrons. The number of methoxy groups -OCH3 is 2. The number of amides is 2. The quantitative estimate of drug-likeness (QED) is 0.458. The Labute approximate surface area is 139 Å². The zero-order valence-electron chi connectivity index (χ0n) is 14.4. The molecule has 1 aromatic carbocycles. The summed E-state index contributed by atoms with van der Waals surface area (Å²) in [5.41, 5.74) is -0.0999. The molecule has 0 bridgehead atoms. The minimum atomic E-state index is -0.649. The molecule has 0 unspecified atom stereocenters. The van der Waals surface area contributed by atoms with Gasteiger partial charge in [-0.3, -0.25) is 19.2 Å². The van der Waals surface area contributed by atoms with Crippen molar-refractivity contribution in [2.24, 2.45) is 0 Å². The Morgan fingerprint density at radius 1 is 0.875 bits per heavy atom. The fourth-order valence-electron chi connectivity index (χ4n) is 2.27. The monoisotopic (exact) mass is 337 g/mol. The second kappa shape index (κ2) is 7.58. The molecule has 0 atom stereocenters. The van der Waals surface area contributed by atoms with Crippen LogP contribution in [0.5, 0.6) is 17.2 Å². The van der Waals surface area contributed by atoms with E-state index >= 15 is 0 Å². The molecule has 0 saturated carbocycles. The molecule has 0 heterocycles. The number of anilines is 1. The average Bonchev–Trinajstić information content (AvgIpc) is 2.45. The van der Waals surface area contributed by atoms with E-state index in [2.05, 4.69) is 0 Å². The molecular formula is C16H19NO7. The van der Waals surface area contributed by atoms with Gasteiger partial charge in [-0.15, -0.1) is 0 Å². The lowest BCUT2D eigenvalue weighted by atomic mass is 10.1. The SMILES string of the molecule is COc1cc(OC(C)=O)c(C(C)=O)c(OC)c1N(C(C)=O)C(C)=O. The van der Waals surface area contributed by atoms with Crippen molar-refractivity contribution >= 4 is 29.3 Å². The molecule has 8 heteroatoms. The third kappa shape index (κ3) is 3.70. The van der Waals surface area contributed by atoms with Crippen LogP contribution in [0, 0.1) is 0 Å². The lowest BCUT2D eigenvalue weighted by Gasteiger charge is -2.25. The van der Waals surface area contributed by atoms with E-state index in [1.807, 2.05) is 0 Å². The van der Waals surface area contributed by atoms with Crippen molar-refractivity contribution in [1.82, 2.24) is 0 Å². The molecule has 0 aliphatic carbocycles. The van der Waals surface area contributed by atoms with Crippen molar-refractivity contribution in [1.29, 1.82) is 0 Å². The first-order chi connectivity index (χ1) is 11.1. The van der Waals surface area contributed by atoms with Gasteiger partial charge in [0, 0.05) is 26.8 Å². The van der Waals surface area contributed by atoms with Gasteiger partial charge in [0.1, 0.15) is 17.0 Å². The van der Waals surface area contributed by atoms with E-state index in [4.69, 9.17) is 14.2 Å². The van der Waals surface area contributed by atoms with Crippen molar-refractivity contribution in [2.45, 2.75) is 27.7 Å². The van der Waals surface area contributed by atoms with Gasteiger partial charge < -0.3 is 14.2 Å². The Morgan fingerprint density at radius 3 is 1.75 bits per heavy atom. The highest BCUT2D eigenvalue weighted by molar-refractivity contribution is 6.17. The molecular weight excluding hydrogens is 318 g/mol. The molecule has 0 spiro atoms. The topological polar surface area (TPSA) is 99.2 Å². The predicted molar refractivity (Wildman–Crippen MR) is 84.7 cm³/mol. The molecule has 0 saturated heterocycles. The molecule has 0 fully saturated rings. The first-order valence-electron chi connectivity index (χ1n) is 6.95. The van der Waals surface area contributed by atoms with Gasteiger partial charge in [-0.2, -0.15) is 0 Å². The van der Waals surface area contributed by atoms with E-state index in [9.17, 15) is 19.2 Å². The first-order valence-corrected chi connectivity index (χ1v) is 6.95. The number of hydrogen-bond acceptors (Lipinski definition) is 7. The van der Waals surface area contributed by atoms with Crippen molar-refractivity contribution in [3.05, 3.63) is 11.6 Å². The van der Waals surface area contributed by atoms with Gasteiger partial charge in [0.2, 0.25) is 11.8 Å². The number of ether oxygens (including phenoxy) is 3. The summed E-state index contributed by atoms with van der Waals surface area (Å²) < 4.78 is 15.5. The highest BCUT2D eigenvalue weighted by atomic mass is 16.5. The average molecular weight is 337 g/mol. The van der Waals surface area contributed by atoms with Crippen LogP contribution in [-0.4, -0.2) is 37.8 Å². The number of rotatable bonds is 5. The number of nitrogens with zero attached hydrogens (tertiary/aromatic N) is 1. The van der Waals surface area contributed by atoms with Crippen LogP contribution in [0.2, 0.25) is 0 Å². The van der Waals surface area contributed by atoms with Crippen molar-refractivity contribution < 1.29 is 33.4 Å². The van der Waals surface area contributed by atoms with Crippen LogP contribution in [0.4, 0.5) is 5.69 Å². The molecule has 2 amide bonds. The smallest absolute Gasteiger partial charge is 0.308 e. The van der Waals surface area contributed by atoms with Crippen molar-refractivity contribution in [2.75, 3.05) is 19.1 Å². The summed E-state index contributed by atoms with van der Waals surface area (Å²) in [4.78, 5) is 47.9. The summed E-state index contributed by atoms with van der Waals surface area (Å²) in [7, 11) is 2.57. The Morgan fingerprint density at radius 2 is 1.42 bits per heavy atom. The van der Waals surface area contributed by atoms with E-state index in [1.165, 1.54) is 48.0 Å². The maximum atomic E-state index is 12.0. The molecule has 0 radical (unpaired) electrons.